The maximum Gasteiger partial charge on any atom is 0.339 e. The van der Waals surface area contributed by atoms with Crippen LogP contribution in [0.1, 0.15) is 59.8 Å². The van der Waals surface area contributed by atoms with Crippen molar-refractivity contribution in [3.05, 3.63) is 40.4 Å². The van der Waals surface area contributed by atoms with Crippen molar-refractivity contribution in [2.45, 2.75) is 57.7 Å². The summed E-state index contributed by atoms with van der Waals surface area (Å²) in [4.78, 5) is 39.9. The number of aryl methyl sites for hydroxylation is 1. The van der Waals surface area contributed by atoms with Gasteiger partial charge in [0, 0.05) is 44.4 Å². The molecule has 2 atom stereocenters. The van der Waals surface area contributed by atoms with Crippen molar-refractivity contribution in [3.8, 4) is 0 Å². The zero-order chi connectivity index (χ0) is 26.6. The Bertz CT molecular complexity index is 1290. The first-order chi connectivity index (χ1) is 18.5. The minimum absolute atomic E-state index is 0.0107. The number of esters is 1. The van der Waals surface area contributed by atoms with Gasteiger partial charge in [0.1, 0.15) is 0 Å². The van der Waals surface area contributed by atoms with Gasteiger partial charge in [-0.1, -0.05) is 35.9 Å². The average Bonchev–Trinajstić information content (AvgIpc) is 3.53. The van der Waals surface area contributed by atoms with E-state index in [4.69, 9.17) is 26.1 Å². The smallest absolute Gasteiger partial charge is 0.339 e. The molecular formula is C26H33ClN6O4S. The molecule has 2 fully saturated rings. The minimum Gasteiger partial charge on any atom is -0.462 e. The van der Waals surface area contributed by atoms with Crippen LogP contribution in [0.15, 0.2) is 18.2 Å². The number of nitrogens with one attached hydrogen (secondary N) is 3. The fourth-order valence-electron chi connectivity index (χ4n) is 5.04. The van der Waals surface area contributed by atoms with Gasteiger partial charge in [0.25, 0.3) is 5.91 Å². The molecule has 3 N–H and O–H groups in total. The number of amides is 1. The van der Waals surface area contributed by atoms with Gasteiger partial charge in [-0.25, -0.2) is 14.8 Å². The Morgan fingerprint density at radius 3 is 2.76 bits per heavy atom. The molecule has 2 saturated heterocycles. The number of aromatic amines is 1. The molecule has 12 heteroatoms. The highest BCUT2D eigenvalue weighted by Gasteiger charge is 2.34. The lowest BCUT2D eigenvalue weighted by molar-refractivity contribution is 0.0528. The van der Waals surface area contributed by atoms with E-state index in [2.05, 4.69) is 25.5 Å². The van der Waals surface area contributed by atoms with Crippen LogP contribution < -0.4 is 15.5 Å². The van der Waals surface area contributed by atoms with Gasteiger partial charge >= 0.3 is 5.97 Å². The number of imidazole rings is 1. The molecule has 10 nitrogen and oxygen atoms in total. The summed E-state index contributed by atoms with van der Waals surface area (Å²) in [6.07, 6.45) is 3.25. The first-order valence-corrected chi connectivity index (χ1v) is 14.4. The molecule has 3 aromatic rings. The Morgan fingerprint density at radius 2 is 2.03 bits per heavy atom. The molecule has 5 rings (SSSR count). The van der Waals surface area contributed by atoms with Crippen LogP contribution in [0.2, 0.25) is 5.15 Å². The van der Waals surface area contributed by atoms with Gasteiger partial charge in [-0.05, 0) is 44.7 Å². The van der Waals surface area contributed by atoms with E-state index in [-0.39, 0.29) is 29.8 Å². The number of piperidine rings is 1. The van der Waals surface area contributed by atoms with E-state index in [0.717, 1.165) is 53.5 Å². The van der Waals surface area contributed by atoms with Crippen molar-refractivity contribution in [2.75, 3.05) is 37.8 Å². The molecule has 2 aliphatic rings. The van der Waals surface area contributed by atoms with Crippen LogP contribution in [-0.2, 0) is 15.9 Å². The molecule has 38 heavy (non-hydrogen) atoms. The van der Waals surface area contributed by atoms with Gasteiger partial charge in [-0.2, -0.15) is 0 Å². The molecule has 1 amide bonds. The van der Waals surface area contributed by atoms with Gasteiger partial charge in [0.2, 0.25) is 0 Å². The molecule has 0 radical (unpaired) electrons. The highest BCUT2D eigenvalue weighted by Crippen LogP contribution is 2.33. The number of carbonyl (C=O) groups is 2. The van der Waals surface area contributed by atoms with Crippen LogP contribution in [-0.4, -0.2) is 77.9 Å². The molecule has 1 aromatic carbocycles. The topological polar surface area (TPSA) is 121 Å². The number of hydrogen-bond acceptors (Lipinski definition) is 9. The summed E-state index contributed by atoms with van der Waals surface area (Å²) in [6, 6.07) is 5.74. The summed E-state index contributed by atoms with van der Waals surface area (Å²) in [5.41, 5.74) is 2.07. The van der Waals surface area contributed by atoms with E-state index < -0.39 is 0 Å². The normalized spacial score (nSPS) is 20.6. The molecule has 2 unspecified atom stereocenters. The van der Waals surface area contributed by atoms with E-state index in [0.29, 0.717) is 42.9 Å². The molecule has 0 bridgehead atoms. The first-order valence-electron chi connectivity index (χ1n) is 13.2. The van der Waals surface area contributed by atoms with E-state index >= 15 is 0 Å². The van der Waals surface area contributed by atoms with E-state index in [1.807, 2.05) is 19.1 Å². The van der Waals surface area contributed by atoms with E-state index in [1.54, 1.807) is 13.0 Å². The van der Waals surface area contributed by atoms with Gasteiger partial charge in [-0.15, -0.1) is 0 Å². The molecule has 204 valence electrons. The average molecular weight is 561 g/mol. The van der Waals surface area contributed by atoms with Crippen LogP contribution in [0.4, 0.5) is 5.13 Å². The number of benzene rings is 1. The highest BCUT2D eigenvalue weighted by molar-refractivity contribution is 7.22. The Labute approximate surface area is 230 Å². The fraction of sp³-hybridized carbons (Fsp3) is 0.538. The standard InChI is InChI=1S/C26H33ClN6O4S/c1-3-17-22(27)32-23(29-17)24(34)30-18-8-11-33(14-20(18)28-15-9-12-36-13-10-15)26-31-19-7-5-6-16(21(19)38-26)25(35)37-4-2/h5-7,15,18,20,28H,3-4,8-14H2,1-2H3,(H,29,32)(H,30,34). The SMILES string of the molecule is CCOC(=O)c1cccc2nc(N3CCC(NC(=O)c4nc(Cl)c(CC)[nH]4)C(NC4CCOCC4)C3)sc12. The Hall–Kier alpha value is -2.73. The number of H-pyrrole nitrogens is 1. The Morgan fingerprint density at radius 1 is 1.21 bits per heavy atom. The Kier molecular flexibility index (Phi) is 8.47. The lowest BCUT2D eigenvalue weighted by Crippen LogP contribution is -2.62. The quantitative estimate of drug-likeness (QED) is 0.358. The predicted molar refractivity (Wildman–Crippen MR) is 147 cm³/mol. The minimum atomic E-state index is -0.335. The van der Waals surface area contributed by atoms with Crippen LogP contribution in [0, 0.1) is 0 Å². The Balaban J connectivity index is 1.35. The van der Waals surface area contributed by atoms with Crippen molar-refractivity contribution >= 4 is 50.2 Å². The summed E-state index contributed by atoms with van der Waals surface area (Å²) in [5.74, 6) is -0.363. The van der Waals surface area contributed by atoms with Crippen LogP contribution in [0.5, 0.6) is 0 Å². The first kappa shape index (κ1) is 26.9. The molecule has 2 aliphatic heterocycles. The van der Waals surface area contributed by atoms with Crippen molar-refractivity contribution in [1.82, 2.24) is 25.6 Å². The number of aromatic nitrogens is 3. The van der Waals surface area contributed by atoms with Crippen molar-refractivity contribution < 1.29 is 19.1 Å². The number of anilines is 1. The zero-order valence-corrected chi connectivity index (χ0v) is 23.2. The number of rotatable bonds is 8. The van der Waals surface area contributed by atoms with Crippen LogP contribution in [0.25, 0.3) is 10.2 Å². The monoisotopic (exact) mass is 560 g/mol. The third-order valence-corrected chi connectivity index (χ3v) is 8.54. The maximum absolute atomic E-state index is 13.1. The summed E-state index contributed by atoms with van der Waals surface area (Å²) >= 11 is 7.67. The number of halogens is 1. The second-order valence-corrected chi connectivity index (χ2v) is 10.9. The van der Waals surface area contributed by atoms with Gasteiger partial charge in [0.05, 0.1) is 28.1 Å². The number of carbonyl (C=O) groups excluding carboxylic acids is 2. The number of nitrogens with zero attached hydrogens (tertiary/aromatic N) is 3. The van der Waals surface area contributed by atoms with Gasteiger partial charge < -0.3 is 30.0 Å². The van der Waals surface area contributed by atoms with Gasteiger partial charge in [-0.3, -0.25) is 4.79 Å². The molecule has 4 heterocycles. The molecule has 2 aromatic heterocycles. The summed E-state index contributed by atoms with van der Waals surface area (Å²) in [5, 5.41) is 8.16. The van der Waals surface area contributed by atoms with E-state index in [1.165, 1.54) is 11.3 Å². The fourth-order valence-corrected chi connectivity index (χ4v) is 6.41. The summed E-state index contributed by atoms with van der Waals surface area (Å²) < 4.78 is 11.6. The number of hydrogen-bond donors (Lipinski definition) is 3. The summed E-state index contributed by atoms with van der Waals surface area (Å²) in [7, 11) is 0. The van der Waals surface area contributed by atoms with Crippen molar-refractivity contribution in [2.24, 2.45) is 0 Å². The number of fused-ring (bicyclic) bond motifs is 1. The van der Waals surface area contributed by atoms with Gasteiger partial charge in [0.15, 0.2) is 16.1 Å². The number of ether oxygens (including phenoxy) is 2. The molecule has 0 spiro atoms. The molecule has 0 saturated carbocycles. The molecule has 0 aliphatic carbocycles. The second kappa shape index (κ2) is 12.0. The largest absolute Gasteiger partial charge is 0.462 e. The second-order valence-electron chi connectivity index (χ2n) is 9.55. The third kappa shape index (κ3) is 5.80. The molecular weight excluding hydrogens is 528 g/mol. The maximum atomic E-state index is 13.1. The van der Waals surface area contributed by atoms with E-state index in [9.17, 15) is 9.59 Å². The third-order valence-electron chi connectivity index (χ3n) is 7.07. The number of thiazole rings is 1. The van der Waals surface area contributed by atoms with Crippen molar-refractivity contribution in [3.63, 3.8) is 0 Å². The van der Waals surface area contributed by atoms with Crippen molar-refractivity contribution in [1.29, 1.82) is 0 Å². The highest BCUT2D eigenvalue weighted by atomic mass is 35.5. The van der Waals surface area contributed by atoms with Crippen LogP contribution >= 0.6 is 22.9 Å². The lowest BCUT2D eigenvalue weighted by Gasteiger charge is -2.41. The summed E-state index contributed by atoms with van der Waals surface area (Å²) in [6.45, 7) is 6.91. The van der Waals surface area contributed by atoms with Crippen LogP contribution in [0.3, 0.4) is 0 Å². The predicted octanol–water partition coefficient (Wildman–Crippen LogP) is 3.56. The lowest BCUT2D eigenvalue weighted by atomic mass is 9.97. The zero-order valence-electron chi connectivity index (χ0n) is 21.6.